The lowest BCUT2D eigenvalue weighted by molar-refractivity contribution is -0.135. The van der Waals surface area contributed by atoms with Crippen LogP contribution in [-0.2, 0) is 16.6 Å². The first kappa shape index (κ1) is 35.8. The van der Waals surface area contributed by atoms with Crippen molar-refractivity contribution in [1.29, 1.82) is 0 Å². The number of imidazole rings is 1. The van der Waals surface area contributed by atoms with Crippen LogP contribution in [0.3, 0.4) is 0 Å². The summed E-state index contributed by atoms with van der Waals surface area (Å²) in [7, 11) is 5.21. The Kier molecular flexibility index (Phi) is 8.98. The summed E-state index contributed by atoms with van der Waals surface area (Å²) in [5.74, 6) is -0.656. The Morgan fingerprint density at radius 2 is 1.68 bits per heavy atom. The highest BCUT2D eigenvalue weighted by Crippen LogP contribution is 2.36. The molecule has 4 fully saturated rings. The number of hydrogen-bond acceptors (Lipinski definition) is 11. The summed E-state index contributed by atoms with van der Waals surface area (Å²) >= 11 is 0. The number of carbonyl (C=O) groups excluding carboxylic acids is 3. The van der Waals surface area contributed by atoms with Crippen LogP contribution in [0.1, 0.15) is 61.1 Å². The Morgan fingerprint density at radius 3 is 2.39 bits per heavy atom. The SMILES string of the molecule is CN(C)C(=O)c1cc2cnc(Nc3cc(F)c(N4CCN(C5CN(c6cccc7c6n(C)c(=O)n7[C@@H]6CCC(=O)NC6=O)C5)CC4)cn3)nc2n1C1CCCC1. The topological polar surface area (TPSA) is 159 Å². The molecule has 56 heavy (non-hydrogen) atoms. The number of piperidine rings is 1. The van der Waals surface area contributed by atoms with E-state index in [-0.39, 0.29) is 48.2 Å². The van der Waals surface area contributed by atoms with E-state index in [1.807, 2.05) is 33.7 Å². The number of pyridine rings is 1. The van der Waals surface area contributed by atoms with Gasteiger partial charge in [0.15, 0.2) is 5.82 Å². The number of imide groups is 1. The smallest absolute Gasteiger partial charge is 0.329 e. The van der Waals surface area contributed by atoms with Gasteiger partial charge in [0.1, 0.15) is 23.2 Å². The van der Waals surface area contributed by atoms with Crippen molar-refractivity contribution in [3.05, 3.63) is 64.7 Å². The van der Waals surface area contributed by atoms with Crippen LogP contribution in [0, 0.1) is 5.82 Å². The summed E-state index contributed by atoms with van der Waals surface area (Å²) in [4.78, 5) is 72.9. The minimum Gasteiger partial charge on any atom is -0.367 e. The second-order valence-corrected chi connectivity index (χ2v) is 15.6. The highest BCUT2D eigenvalue weighted by Gasteiger charge is 2.37. The number of nitrogens with one attached hydrogen (secondary N) is 2. The molecular weight excluding hydrogens is 720 g/mol. The van der Waals surface area contributed by atoms with E-state index in [0.717, 1.165) is 68.5 Å². The Labute approximate surface area is 321 Å². The van der Waals surface area contributed by atoms with E-state index < -0.39 is 11.9 Å². The van der Waals surface area contributed by atoms with E-state index in [4.69, 9.17) is 4.98 Å². The van der Waals surface area contributed by atoms with Crippen LogP contribution in [0.2, 0.25) is 0 Å². The zero-order valence-corrected chi connectivity index (χ0v) is 31.7. The number of piperazine rings is 1. The molecule has 17 heteroatoms. The highest BCUT2D eigenvalue weighted by atomic mass is 19.1. The second-order valence-electron chi connectivity index (χ2n) is 15.6. The number of para-hydroxylation sites is 1. The third kappa shape index (κ3) is 6.13. The Bertz CT molecular complexity index is 2440. The number of aryl methyl sites for hydroxylation is 1. The van der Waals surface area contributed by atoms with Gasteiger partial charge in [-0.15, -0.1) is 0 Å². The summed E-state index contributed by atoms with van der Waals surface area (Å²) in [5.41, 5.74) is 3.80. The highest BCUT2D eigenvalue weighted by molar-refractivity contribution is 6.01. The predicted molar refractivity (Wildman–Crippen MR) is 209 cm³/mol. The lowest BCUT2D eigenvalue weighted by atomic mass is 10.0. The molecule has 0 bridgehead atoms. The van der Waals surface area contributed by atoms with Crippen LogP contribution >= 0.6 is 0 Å². The first-order valence-electron chi connectivity index (χ1n) is 19.4. The number of amides is 3. The molecule has 4 aromatic heterocycles. The molecule has 4 aliphatic rings. The fourth-order valence-corrected chi connectivity index (χ4v) is 8.95. The lowest BCUT2D eigenvalue weighted by Gasteiger charge is -2.49. The van der Waals surface area contributed by atoms with Gasteiger partial charge in [-0.3, -0.25) is 33.7 Å². The Hall–Kier alpha value is -5.84. The van der Waals surface area contributed by atoms with E-state index in [9.17, 15) is 19.2 Å². The standard InChI is InChI=1S/C39H45FN12O4/c1-46(2)37(55)30-17-23-19-42-38(45-35(23)51(30)24-7-4-5-8-24)43-32-18-26(40)31(20-41-32)49-15-13-48(14-16-49)25-21-50(22-25)27-9-6-10-28-34(27)47(3)39(56)52(28)29-11-12-33(53)44-36(29)54/h6,9-10,17-20,24-25,29H,4-5,7-8,11-16,21-22H2,1-3H3,(H,44,53,54)(H,41,42,43,45)/t29-/m1/s1. The lowest BCUT2D eigenvalue weighted by Crippen LogP contribution is -2.63. The fraction of sp³-hybridized carbons (Fsp3) is 0.462. The molecule has 7 heterocycles. The van der Waals surface area contributed by atoms with Crippen molar-refractivity contribution in [2.45, 2.75) is 56.7 Å². The molecule has 16 nitrogen and oxygen atoms in total. The van der Waals surface area contributed by atoms with Gasteiger partial charge in [0, 0.05) is 96.6 Å². The van der Waals surface area contributed by atoms with Crippen molar-refractivity contribution < 1.29 is 18.8 Å². The van der Waals surface area contributed by atoms with E-state index in [1.54, 1.807) is 43.0 Å². The maximum absolute atomic E-state index is 15.7. The van der Waals surface area contributed by atoms with Gasteiger partial charge in [-0.25, -0.2) is 19.2 Å². The van der Waals surface area contributed by atoms with E-state index >= 15 is 4.39 Å². The Balaban J connectivity index is 0.844. The monoisotopic (exact) mass is 764 g/mol. The average Bonchev–Trinajstić information content (AvgIpc) is 3.88. The van der Waals surface area contributed by atoms with Crippen molar-refractivity contribution >= 4 is 62.9 Å². The summed E-state index contributed by atoms with van der Waals surface area (Å²) in [6, 6.07) is 8.74. The van der Waals surface area contributed by atoms with E-state index in [2.05, 4.69) is 30.4 Å². The van der Waals surface area contributed by atoms with Gasteiger partial charge in [-0.1, -0.05) is 18.9 Å². The average molecular weight is 765 g/mol. The van der Waals surface area contributed by atoms with Crippen molar-refractivity contribution in [1.82, 2.24) is 43.8 Å². The van der Waals surface area contributed by atoms with Gasteiger partial charge < -0.3 is 24.6 Å². The molecule has 0 radical (unpaired) electrons. The molecule has 3 amide bonds. The summed E-state index contributed by atoms with van der Waals surface area (Å²) in [6.45, 7) is 4.37. The predicted octanol–water partition coefficient (Wildman–Crippen LogP) is 3.17. The second kappa shape index (κ2) is 14.0. The molecule has 1 atom stereocenters. The number of aromatic nitrogens is 6. The molecular formula is C39H45FN12O4. The largest absolute Gasteiger partial charge is 0.367 e. The minimum atomic E-state index is -0.730. The number of benzene rings is 1. The van der Waals surface area contributed by atoms with E-state index in [1.165, 1.54) is 10.6 Å². The maximum atomic E-state index is 15.7. The molecule has 5 aromatic rings. The molecule has 2 N–H and O–H groups in total. The third-order valence-electron chi connectivity index (χ3n) is 11.9. The van der Waals surface area contributed by atoms with Crippen LogP contribution in [-0.4, -0.2) is 116 Å². The number of fused-ring (bicyclic) bond motifs is 2. The van der Waals surface area contributed by atoms with Crippen molar-refractivity contribution in [3.63, 3.8) is 0 Å². The summed E-state index contributed by atoms with van der Waals surface area (Å²) < 4.78 is 20.8. The summed E-state index contributed by atoms with van der Waals surface area (Å²) in [6.07, 6.45) is 7.90. The van der Waals surface area contributed by atoms with Gasteiger partial charge in [-0.2, -0.15) is 4.98 Å². The number of halogens is 1. The van der Waals surface area contributed by atoms with Crippen molar-refractivity contribution in [2.24, 2.45) is 7.05 Å². The number of anilines is 4. The van der Waals surface area contributed by atoms with Crippen LogP contribution in [0.25, 0.3) is 22.1 Å². The Morgan fingerprint density at radius 1 is 0.911 bits per heavy atom. The number of rotatable bonds is 8. The third-order valence-corrected chi connectivity index (χ3v) is 11.9. The van der Waals surface area contributed by atoms with Gasteiger partial charge >= 0.3 is 5.69 Å². The van der Waals surface area contributed by atoms with Crippen LogP contribution in [0.15, 0.2) is 47.5 Å². The molecule has 3 saturated heterocycles. The molecule has 9 rings (SSSR count). The van der Waals surface area contributed by atoms with Gasteiger partial charge in [0.05, 0.1) is 28.6 Å². The molecule has 1 aliphatic carbocycles. The van der Waals surface area contributed by atoms with Gasteiger partial charge in [0.2, 0.25) is 17.8 Å². The summed E-state index contributed by atoms with van der Waals surface area (Å²) in [5, 5.41) is 6.23. The zero-order chi connectivity index (χ0) is 38.8. The first-order chi connectivity index (χ1) is 27.0. The molecule has 292 valence electrons. The fourth-order valence-electron chi connectivity index (χ4n) is 8.95. The van der Waals surface area contributed by atoms with Crippen molar-refractivity contribution in [3.8, 4) is 0 Å². The molecule has 1 saturated carbocycles. The van der Waals surface area contributed by atoms with Gasteiger partial charge in [-0.05, 0) is 37.5 Å². The number of nitrogens with zero attached hydrogens (tertiary/aromatic N) is 10. The zero-order valence-electron chi connectivity index (χ0n) is 31.7. The molecule has 1 aromatic carbocycles. The molecule has 0 unspecified atom stereocenters. The molecule has 3 aliphatic heterocycles. The van der Waals surface area contributed by atoms with Crippen LogP contribution in [0.4, 0.5) is 27.5 Å². The van der Waals surface area contributed by atoms with E-state index in [0.29, 0.717) is 47.5 Å². The van der Waals surface area contributed by atoms with Gasteiger partial charge in [0.25, 0.3) is 5.91 Å². The normalized spacial score (nSPS) is 19.9. The first-order valence-corrected chi connectivity index (χ1v) is 19.4. The van der Waals surface area contributed by atoms with Crippen LogP contribution in [0.5, 0.6) is 0 Å². The quantitative estimate of drug-likeness (QED) is 0.224. The maximum Gasteiger partial charge on any atom is 0.329 e. The number of hydrogen-bond donors (Lipinski definition) is 2. The molecule has 0 spiro atoms. The minimum absolute atomic E-state index is 0.0809. The number of carbonyl (C=O) groups is 3. The van der Waals surface area contributed by atoms with Crippen molar-refractivity contribution in [2.75, 3.05) is 68.5 Å². The van der Waals surface area contributed by atoms with Crippen LogP contribution < -0.4 is 26.1 Å².